The van der Waals surface area contributed by atoms with Crippen molar-refractivity contribution in [3.8, 4) is 0 Å². The highest BCUT2D eigenvalue weighted by molar-refractivity contribution is 7.86. The number of anilines is 1. The van der Waals surface area contributed by atoms with Gasteiger partial charge >= 0.3 is 0 Å². The molecule has 3 aliphatic rings. The Balaban J connectivity index is 1.59. The van der Waals surface area contributed by atoms with E-state index < -0.39 is 10.2 Å². The summed E-state index contributed by atoms with van der Waals surface area (Å²) in [6.45, 7) is 4.85. The molecule has 160 valence electrons. The van der Waals surface area contributed by atoms with Crippen LogP contribution >= 0.6 is 0 Å². The number of carbonyl (C=O) groups is 1. The highest BCUT2D eigenvalue weighted by Crippen LogP contribution is 2.31. The van der Waals surface area contributed by atoms with Gasteiger partial charge in [-0.05, 0) is 25.7 Å². The molecule has 0 saturated carbocycles. The van der Waals surface area contributed by atoms with Crippen LogP contribution in [0.2, 0.25) is 0 Å². The second-order valence-corrected chi connectivity index (χ2v) is 10.0. The van der Waals surface area contributed by atoms with Gasteiger partial charge in [0.15, 0.2) is 0 Å². The van der Waals surface area contributed by atoms with Gasteiger partial charge < -0.3 is 10.2 Å². The monoisotopic (exact) mass is 422 g/mol. The molecule has 0 bridgehead atoms. The summed E-state index contributed by atoms with van der Waals surface area (Å²) in [7, 11) is -1.63. The Morgan fingerprint density at radius 2 is 1.83 bits per heavy atom. The van der Waals surface area contributed by atoms with Crippen LogP contribution in [0.5, 0.6) is 0 Å². The second kappa shape index (κ2) is 8.16. The number of likely N-dealkylation sites (tertiary alicyclic amines) is 1. The smallest absolute Gasteiger partial charge is 0.282 e. The van der Waals surface area contributed by atoms with Crippen LogP contribution in [-0.4, -0.2) is 77.6 Å². The zero-order chi connectivity index (χ0) is 20.6. The van der Waals surface area contributed by atoms with E-state index in [0.717, 1.165) is 42.8 Å². The second-order valence-electron chi connectivity index (χ2n) is 8.11. The molecule has 0 aromatic carbocycles. The van der Waals surface area contributed by atoms with E-state index in [9.17, 15) is 13.2 Å². The molecule has 2 fully saturated rings. The van der Waals surface area contributed by atoms with Gasteiger partial charge in [-0.15, -0.1) is 0 Å². The highest BCUT2D eigenvalue weighted by atomic mass is 32.2. The molecule has 1 amide bonds. The Kier molecular flexibility index (Phi) is 5.76. The fraction of sp³-hybridized carbons (Fsp3) is 0.737. The lowest BCUT2D eigenvalue weighted by Crippen LogP contribution is -2.47. The highest BCUT2D eigenvalue weighted by Gasteiger charge is 2.35. The third kappa shape index (κ3) is 3.97. The minimum atomic E-state index is -3.47. The SMILES string of the molecule is CNc1nc([C@H]2CCN(C(C)=O)C2)nc2c1CCN(S(=O)(=O)N1CCCCC1)C2. The predicted molar refractivity (Wildman–Crippen MR) is 110 cm³/mol. The predicted octanol–water partition coefficient (Wildman–Crippen LogP) is 0.943. The van der Waals surface area contributed by atoms with Crippen LogP contribution in [-0.2, 0) is 28.0 Å². The summed E-state index contributed by atoms with van der Waals surface area (Å²) in [6.07, 6.45) is 4.37. The van der Waals surface area contributed by atoms with E-state index in [1.165, 1.54) is 0 Å². The van der Waals surface area contributed by atoms with Crippen molar-refractivity contribution in [3.63, 3.8) is 0 Å². The first-order valence-electron chi connectivity index (χ1n) is 10.5. The number of aromatic nitrogens is 2. The average molecular weight is 423 g/mol. The van der Waals surface area contributed by atoms with Crippen molar-refractivity contribution in [2.45, 2.75) is 51.5 Å². The van der Waals surface area contributed by atoms with E-state index in [2.05, 4.69) is 5.32 Å². The van der Waals surface area contributed by atoms with Crippen molar-refractivity contribution in [1.82, 2.24) is 23.5 Å². The van der Waals surface area contributed by atoms with E-state index in [4.69, 9.17) is 9.97 Å². The third-order valence-corrected chi connectivity index (χ3v) is 8.23. The maximum atomic E-state index is 13.1. The molecule has 1 aromatic rings. The van der Waals surface area contributed by atoms with E-state index >= 15 is 0 Å². The van der Waals surface area contributed by atoms with E-state index in [1.54, 1.807) is 15.5 Å². The summed E-state index contributed by atoms with van der Waals surface area (Å²) in [5.74, 6) is 1.64. The Morgan fingerprint density at radius 3 is 2.48 bits per heavy atom. The lowest BCUT2D eigenvalue weighted by Gasteiger charge is -2.34. The van der Waals surface area contributed by atoms with Crippen LogP contribution in [0, 0.1) is 0 Å². The Morgan fingerprint density at radius 1 is 1.07 bits per heavy atom. The molecule has 2 saturated heterocycles. The summed E-state index contributed by atoms with van der Waals surface area (Å²) in [5.41, 5.74) is 1.79. The van der Waals surface area contributed by atoms with Gasteiger partial charge in [-0.2, -0.15) is 17.0 Å². The molecule has 10 heteroatoms. The van der Waals surface area contributed by atoms with Crippen LogP contribution in [0.25, 0.3) is 0 Å². The molecule has 1 aromatic heterocycles. The third-order valence-electron chi connectivity index (χ3n) is 6.25. The van der Waals surface area contributed by atoms with Crippen LogP contribution < -0.4 is 5.32 Å². The van der Waals surface area contributed by atoms with Gasteiger partial charge in [-0.3, -0.25) is 4.79 Å². The van der Waals surface area contributed by atoms with Crippen molar-refractivity contribution in [1.29, 1.82) is 0 Å². The molecule has 3 aliphatic heterocycles. The molecule has 0 unspecified atom stereocenters. The summed E-state index contributed by atoms with van der Waals surface area (Å²) < 4.78 is 29.4. The topological polar surface area (TPSA) is 98.7 Å². The zero-order valence-corrected chi connectivity index (χ0v) is 18.0. The molecule has 4 rings (SSSR count). The number of nitrogens with one attached hydrogen (secondary N) is 1. The van der Waals surface area contributed by atoms with Gasteiger partial charge in [-0.1, -0.05) is 6.42 Å². The van der Waals surface area contributed by atoms with E-state index in [-0.39, 0.29) is 18.4 Å². The van der Waals surface area contributed by atoms with Crippen LogP contribution in [0.15, 0.2) is 0 Å². The minimum absolute atomic E-state index is 0.0677. The lowest BCUT2D eigenvalue weighted by atomic mass is 10.0. The zero-order valence-electron chi connectivity index (χ0n) is 17.2. The summed E-state index contributed by atoms with van der Waals surface area (Å²) in [5, 5.41) is 3.16. The number of carbonyl (C=O) groups excluding carboxylic acids is 1. The number of hydrogen-bond acceptors (Lipinski definition) is 6. The lowest BCUT2D eigenvalue weighted by molar-refractivity contribution is -0.127. The van der Waals surface area contributed by atoms with Crippen LogP contribution in [0.3, 0.4) is 0 Å². The van der Waals surface area contributed by atoms with Gasteiger partial charge in [0, 0.05) is 58.2 Å². The van der Waals surface area contributed by atoms with Gasteiger partial charge in [0.25, 0.3) is 10.2 Å². The Bertz CT molecular complexity index is 884. The molecule has 1 N–H and O–H groups in total. The molecule has 1 atom stereocenters. The van der Waals surface area contributed by atoms with Crippen LogP contribution in [0.4, 0.5) is 5.82 Å². The van der Waals surface area contributed by atoms with Crippen LogP contribution in [0.1, 0.15) is 55.6 Å². The van der Waals surface area contributed by atoms with Crippen molar-refractivity contribution >= 4 is 21.9 Å². The molecule has 0 spiro atoms. The summed E-state index contributed by atoms with van der Waals surface area (Å²) in [4.78, 5) is 23.0. The Hall–Kier alpha value is -1.78. The molecule has 29 heavy (non-hydrogen) atoms. The fourth-order valence-electron chi connectivity index (χ4n) is 4.53. The maximum absolute atomic E-state index is 13.1. The first-order chi connectivity index (χ1) is 13.9. The number of hydrogen-bond donors (Lipinski definition) is 1. The molecule has 9 nitrogen and oxygen atoms in total. The molecular weight excluding hydrogens is 392 g/mol. The van der Waals surface area contributed by atoms with E-state index in [0.29, 0.717) is 45.0 Å². The summed E-state index contributed by atoms with van der Waals surface area (Å²) in [6, 6.07) is 0. The number of piperidine rings is 1. The first-order valence-corrected chi connectivity index (χ1v) is 11.9. The number of fused-ring (bicyclic) bond motifs is 1. The minimum Gasteiger partial charge on any atom is -0.373 e. The largest absolute Gasteiger partial charge is 0.373 e. The number of rotatable bonds is 4. The van der Waals surface area contributed by atoms with E-state index in [1.807, 2.05) is 11.9 Å². The van der Waals surface area contributed by atoms with Gasteiger partial charge in [0.05, 0.1) is 12.2 Å². The quantitative estimate of drug-likeness (QED) is 0.776. The van der Waals surface area contributed by atoms with Crippen molar-refractivity contribution in [3.05, 3.63) is 17.1 Å². The fourth-order valence-corrected chi connectivity index (χ4v) is 6.18. The molecule has 0 aliphatic carbocycles. The number of amides is 1. The standard InChI is InChI=1S/C19H30N6O3S/c1-14(26)23-10-6-15(12-23)18-21-17-13-25(11-7-16(17)19(20-2)22-18)29(27,28)24-8-4-3-5-9-24/h15H,3-13H2,1-2H3,(H,20,21,22)/t15-/m0/s1. The Labute approximate surface area is 172 Å². The van der Waals surface area contributed by atoms with Gasteiger partial charge in [0.1, 0.15) is 11.6 Å². The normalized spacial score (nSPS) is 23.8. The summed E-state index contributed by atoms with van der Waals surface area (Å²) >= 11 is 0. The van der Waals surface area contributed by atoms with Gasteiger partial charge in [-0.25, -0.2) is 9.97 Å². The number of nitrogens with zero attached hydrogens (tertiary/aromatic N) is 5. The maximum Gasteiger partial charge on any atom is 0.282 e. The molecule has 0 radical (unpaired) electrons. The van der Waals surface area contributed by atoms with Crippen molar-refractivity contribution < 1.29 is 13.2 Å². The average Bonchev–Trinajstić information content (AvgIpc) is 3.24. The molecular formula is C19H30N6O3S. The van der Waals surface area contributed by atoms with Gasteiger partial charge in [0.2, 0.25) is 5.91 Å². The molecule has 4 heterocycles. The first kappa shape index (κ1) is 20.5. The van der Waals surface area contributed by atoms with Crippen molar-refractivity contribution in [2.24, 2.45) is 0 Å². The van der Waals surface area contributed by atoms with Crippen molar-refractivity contribution in [2.75, 3.05) is 45.1 Å².